The Balaban J connectivity index is 1.09. The first kappa shape index (κ1) is 32.0. The van der Waals surface area contributed by atoms with Crippen molar-refractivity contribution < 1.29 is 47.9 Å². The van der Waals surface area contributed by atoms with Gasteiger partial charge in [0.25, 0.3) is 0 Å². The van der Waals surface area contributed by atoms with Gasteiger partial charge in [-0.1, -0.05) is 5.16 Å². The second-order valence-electron chi connectivity index (χ2n) is 11.0. The number of nitrogens with two attached hydrogens (primary N) is 1. The minimum absolute atomic E-state index is 0.0602. The Morgan fingerprint density at radius 2 is 2.00 bits per heavy atom. The van der Waals surface area contributed by atoms with Crippen LogP contribution in [0.25, 0.3) is 0 Å². The zero-order valence-corrected chi connectivity index (χ0v) is 26.2. The van der Waals surface area contributed by atoms with E-state index in [2.05, 4.69) is 14.5 Å². The number of β-lactam (4-membered cyclic amide) rings is 1. The molecule has 2 aromatic heterocycles. The molecule has 20 heteroatoms. The minimum Gasteiger partial charge on any atom is -0.477 e. The van der Waals surface area contributed by atoms with Crippen LogP contribution >= 0.6 is 23.3 Å². The molecule has 3 saturated heterocycles. The second-order valence-corrected chi connectivity index (χ2v) is 12.9. The highest BCUT2D eigenvalue weighted by Crippen LogP contribution is 2.46. The molecule has 0 bridgehead atoms. The molecule has 6 heterocycles. The van der Waals surface area contributed by atoms with E-state index in [4.69, 9.17) is 19.3 Å². The van der Waals surface area contributed by atoms with Crippen LogP contribution in [-0.2, 0) is 30.5 Å². The van der Waals surface area contributed by atoms with Crippen molar-refractivity contribution in [3.8, 4) is 0 Å². The van der Waals surface area contributed by atoms with Crippen molar-refractivity contribution in [3.05, 3.63) is 50.9 Å². The third-order valence-electron chi connectivity index (χ3n) is 8.26. The average Bonchev–Trinajstić information content (AvgIpc) is 3.83. The molecular weight excluding hydrogens is 662 g/mol. The summed E-state index contributed by atoms with van der Waals surface area (Å²) < 4.78 is 18.7. The van der Waals surface area contributed by atoms with E-state index in [-0.39, 0.29) is 65.4 Å². The molecule has 3 atom stereocenters. The van der Waals surface area contributed by atoms with Crippen LogP contribution in [0, 0.1) is 12.8 Å². The van der Waals surface area contributed by atoms with Gasteiger partial charge in [0.15, 0.2) is 34.8 Å². The Morgan fingerprint density at radius 3 is 2.66 bits per heavy atom. The fourth-order valence-corrected chi connectivity index (χ4v) is 7.76. The number of carbonyl (C=O) groups is 5. The average molecular weight is 690 g/mol. The number of oxime groups is 1. The van der Waals surface area contributed by atoms with Crippen molar-refractivity contribution in [1.82, 2.24) is 24.1 Å². The number of carboxylic acid groups (broad SMARTS) is 1. The first-order chi connectivity index (χ1) is 22.5. The van der Waals surface area contributed by atoms with E-state index in [0.29, 0.717) is 37.1 Å². The first-order valence-corrected chi connectivity index (χ1v) is 16.1. The number of nitrogens with zero attached hydrogens (tertiary/aromatic N) is 6. The van der Waals surface area contributed by atoms with E-state index in [9.17, 15) is 39.1 Å². The molecule has 0 aromatic carbocycles. The van der Waals surface area contributed by atoms with Crippen LogP contribution in [-0.4, -0.2) is 107 Å². The number of carboxylic acids is 1. The van der Waals surface area contributed by atoms with Crippen molar-refractivity contribution in [1.29, 1.82) is 0 Å². The third-order valence-corrected chi connectivity index (χ3v) is 10.2. The number of Topliss-reactive ketones (excluding diaryl/α,β-unsaturated/α-hetero) is 1. The summed E-state index contributed by atoms with van der Waals surface area (Å²) in [6, 6.07) is -0.286. The number of ether oxygens (including phenoxy) is 1. The van der Waals surface area contributed by atoms with Crippen LogP contribution in [0.4, 0.5) is 9.93 Å². The van der Waals surface area contributed by atoms with Crippen LogP contribution < -0.4 is 11.6 Å². The van der Waals surface area contributed by atoms with Gasteiger partial charge in [0.05, 0.1) is 17.3 Å². The summed E-state index contributed by atoms with van der Waals surface area (Å²) in [5, 5.41) is 21.8. The Hall–Kier alpha value is -4.98. The second kappa shape index (κ2) is 12.7. The van der Waals surface area contributed by atoms with Crippen LogP contribution in [0.5, 0.6) is 0 Å². The zero-order chi connectivity index (χ0) is 33.6. The van der Waals surface area contributed by atoms with Gasteiger partial charge in [-0.25, -0.2) is 14.4 Å². The van der Waals surface area contributed by atoms with Crippen molar-refractivity contribution >= 4 is 63.8 Å². The molecule has 0 saturated carbocycles. The van der Waals surface area contributed by atoms with Gasteiger partial charge in [-0.3, -0.25) is 19.3 Å². The van der Waals surface area contributed by atoms with E-state index in [0.717, 1.165) is 16.4 Å². The number of ketones is 1. The molecule has 4 N–H and O–H groups in total. The van der Waals surface area contributed by atoms with E-state index in [1.165, 1.54) is 29.7 Å². The SMILES string of the molecule is Cc1oc(=O)oc1COC(=O)N1CC[C@@H](N2CC/C(=C\C3=C(C(=O)O)N4C(=O)C(CC(=O)/C(=N\O)c5nsc(N)n5)[C@H]4SC3)C2=O)C1. The predicted molar refractivity (Wildman–Crippen MR) is 160 cm³/mol. The Kier molecular flexibility index (Phi) is 8.62. The quantitative estimate of drug-likeness (QED) is 0.107. The number of carbonyl (C=O) groups excluding carboxylic acids is 4. The number of aryl methyl sites for hydroxylation is 1. The first-order valence-electron chi connectivity index (χ1n) is 14.2. The predicted octanol–water partition coefficient (Wildman–Crippen LogP) is 0.552. The Bertz CT molecular complexity index is 1830. The van der Waals surface area contributed by atoms with Crippen LogP contribution in [0.1, 0.15) is 36.6 Å². The van der Waals surface area contributed by atoms with Gasteiger partial charge < -0.3 is 39.4 Å². The van der Waals surface area contributed by atoms with Gasteiger partial charge in [-0.15, -0.1) is 11.8 Å². The van der Waals surface area contributed by atoms with Crippen molar-refractivity contribution in [2.45, 2.75) is 44.2 Å². The summed E-state index contributed by atoms with van der Waals surface area (Å²) in [6.07, 6.45) is 1.37. The van der Waals surface area contributed by atoms with Gasteiger partial charge in [-0.05, 0) is 31.4 Å². The normalized spacial score (nSPS) is 23.9. The lowest BCUT2D eigenvalue weighted by molar-refractivity contribution is -0.153. The molecule has 248 valence electrons. The molecule has 3 fully saturated rings. The lowest BCUT2D eigenvalue weighted by Gasteiger charge is -2.49. The number of amides is 3. The maximum atomic E-state index is 13.4. The fourth-order valence-electron chi connectivity index (χ4n) is 5.96. The standard InChI is InChI=1S/C27H27N7O11S2/c1-11-17(45-27(41)44-11)9-43-26(40)32-4-3-14(8-32)33-5-2-12(21(33)36)6-13-10-46-23-15(22(37)34(23)19(13)24(38)39)7-16(35)18(30-42)20-29-25(28)47-31-20/h6,14-15,23,42H,2-5,7-10H2,1H3,(H,38,39)(H2,28,29,31)/b12-6+,30-18+/t14-,15?,23-/m1/s1. The third kappa shape index (κ3) is 6.00. The van der Waals surface area contributed by atoms with Crippen molar-refractivity contribution in [2.75, 3.05) is 31.1 Å². The number of allylic oxidation sites excluding steroid dienone is 1. The van der Waals surface area contributed by atoms with Gasteiger partial charge in [0, 0.05) is 48.9 Å². The lowest BCUT2D eigenvalue weighted by Crippen LogP contribution is -2.62. The fraction of sp³-hybridized carbons (Fsp3) is 0.444. The highest BCUT2D eigenvalue weighted by molar-refractivity contribution is 8.00. The number of fused-ring (bicyclic) bond motifs is 1. The number of nitrogen functional groups attached to an aromatic ring is 1. The number of hydrogen-bond donors (Lipinski definition) is 3. The van der Waals surface area contributed by atoms with E-state index in [1.807, 2.05) is 0 Å². The van der Waals surface area contributed by atoms with Crippen molar-refractivity contribution in [3.63, 3.8) is 0 Å². The number of thioether (sulfide) groups is 1. The number of aliphatic carboxylic acids is 1. The van der Waals surface area contributed by atoms with E-state index < -0.39 is 46.6 Å². The monoisotopic (exact) mass is 689 g/mol. The van der Waals surface area contributed by atoms with E-state index in [1.54, 1.807) is 4.90 Å². The smallest absolute Gasteiger partial charge is 0.477 e. The molecule has 6 rings (SSSR count). The molecule has 4 aliphatic rings. The summed E-state index contributed by atoms with van der Waals surface area (Å²) in [6.45, 7) is 2.17. The Morgan fingerprint density at radius 1 is 1.21 bits per heavy atom. The summed E-state index contributed by atoms with van der Waals surface area (Å²) in [7, 11) is 0. The molecular formula is C27H27N7O11S2. The van der Waals surface area contributed by atoms with Gasteiger partial charge in [0.2, 0.25) is 17.6 Å². The summed E-state index contributed by atoms with van der Waals surface area (Å²) in [5.41, 5.74) is 5.50. The maximum absolute atomic E-state index is 13.4. The molecule has 0 radical (unpaired) electrons. The van der Waals surface area contributed by atoms with Gasteiger partial charge >= 0.3 is 17.9 Å². The highest BCUT2D eigenvalue weighted by Gasteiger charge is 2.54. The van der Waals surface area contributed by atoms with Crippen LogP contribution in [0.2, 0.25) is 0 Å². The number of aromatic nitrogens is 2. The number of likely N-dealkylation sites (tertiary alicyclic amines) is 2. The molecule has 3 amide bonds. The Labute approximate surface area is 272 Å². The summed E-state index contributed by atoms with van der Waals surface area (Å²) in [5.74, 6) is -4.38. The van der Waals surface area contributed by atoms with E-state index >= 15 is 0 Å². The molecule has 4 aliphatic heterocycles. The van der Waals surface area contributed by atoms with Crippen molar-refractivity contribution in [2.24, 2.45) is 11.1 Å². The van der Waals surface area contributed by atoms with Crippen LogP contribution in [0.3, 0.4) is 0 Å². The van der Waals surface area contributed by atoms with Gasteiger partial charge in [-0.2, -0.15) is 9.36 Å². The number of rotatable bonds is 9. The zero-order valence-electron chi connectivity index (χ0n) is 24.6. The number of hydrogen-bond acceptors (Lipinski definition) is 16. The molecule has 18 nitrogen and oxygen atoms in total. The molecule has 0 spiro atoms. The minimum atomic E-state index is -1.35. The molecule has 47 heavy (non-hydrogen) atoms. The number of anilines is 1. The maximum Gasteiger partial charge on any atom is 0.519 e. The topological polar surface area (TPSA) is 252 Å². The lowest BCUT2D eigenvalue weighted by atomic mass is 9.89. The molecule has 2 aromatic rings. The summed E-state index contributed by atoms with van der Waals surface area (Å²) >= 11 is 2.06. The summed E-state index contributed by atoms with van der Waals surface area (Å²) in [4.78, 5) is 83.6. The molecule has 1 unspecified atom stereocenters. The molecule has 0 aliphatic carbocycles. The highest BCUT2D eigenvalue weighted by atomic mass is 32.2. The van der Waals surface area contributed by atoms with Gasteiger partial charge in [0.1, 0.15) is 5.70 Å². The largest absolute Gasteiger partial charge is 0.519 e. The van der Waals surface area contributed by atoms with Crippen LogP contribution in [0.15, 0.2) is 41.7 Å².